The van der Waals surface area contributed by atoms with Crippen molar-refractivity contribution in [2.24, 2.45) is 0 Å². The van der Waals surface area contributed by atoms with E-state index in [1.165, 1.54) is 11.5 Å². The van der Waals surface area contributed by atoms with Gasteiger partial charge in [0.1, 0.15) is 0 Å². The molecule has 0 radical (unpaired) electrons. The van der Waals surface area contributed by atoms with Gasteiger partial charge in [-0.2, -0.15) is 0 Å². The summed E-state index contributed by atoms with van der Waals surface area (Å²) >= 11 is 3.91. The Labute approximate surface area is 129 Å². The topological polar surface area (TPSA) is 45.2 Å². The van der Waals surface area contributed by atoms with Crippen LogP contribution >= 0.6 is 23.5 Å². The lowest BCUT2D eigenvalue weighted by Gasteiger charge is -2.18. The van der Waals surface area contributed by atoms with Crippen molar-refractivity contribution in [1.82, 2.24) is 15.2 Å². The molecule has 0 spiro atoms. The second-order valence-corrected chi connectivity index (χ2v) is 6.79. The highest BCUT2D eigenvalue weighted by Crippen LogP contribution is 2.16. The van der Waals surface area contributed by atoms with Gasteiger partial charge in [0.25, 0.3) is 0 Å². The number of nitrogens with one attached hydrogen (secondary N) is 1. The van der Waals surface area contributed by atoms with E-state index < -0.39 is 0 Å². The molecular formula is C14H21N3OS2. The molecule has 0 atom stereocenters. The average molecular weight is 311 g/mol. The minimum absolute atomic E-state index is 0.139. The fraction of sp³-hybridized carbons (Fsp3) is 0.571. The van der Waals surface area contributed by atoms with E-state index in [4.69, 9.17) is 0 Å². The minimum atomic E-state index is 0.139. The highest BCUT2D eigenvalue weighted by atomic mass is 32.2. The van der Waals surface area contributed by atoms with Gasteiger partial charge in [0, 0.05) is 61.1 Å². The molecule has 0 aromatic carbocycles. The zero-order valence-corrected chi connectivity index (χ0v) is 13.2. The summed E-state index contributed by atoms with van der Waals surface area (Å²) in [5, 5.41) is 2.97. The molecule has 1 fully saturated rings. The van der Waals surface area contributed by atoms with Crippen LogP contribution in [0.4, 0.5) is 0 Å². The maximum Gasteiger partial charge on any atom is 0.221 e. The van der Waals surface area contributed by atoms with Gasteiger partial charge in [0.15, 0.2) is 0 Å². The maximum absolute atomic E-state index is 11.8. The lowest BCUT2D eigenvalue weighted by atomic mass is 10.2. The van der Waals surface area contributed by atoms with Crippen LogP contribution in [0.1, 0.15) is 12.1 Å². The van der Waals surface area contributed by atoms with Gasteiger partial charge in [-0.1, -0.05) is 6.07 Å². The summed E-state index contributed by atoms with van der Waals surface area (Å²) < 4.78 is 0. The van der Waals surface area contributed by atoms with Crippen molar-refractivity contribution in [3.05, 3.63) is 30.1 Å². The molecule has 0 aliphatic carbocycles. The van der Waals surface area contributed by atoms with Crippen molar-refractivity contribution in [3.63, 3.8) is 0 Å². The second-order valence-electron chi connectivity index (χ2n) is 4.64. The summed E-state index contributed by atoms with van der Waals surface area (Å²) in [5.74, 6) is 4.68. The molecule has 4 nitrogen and oxygen atoms in total. The van der Waals surface area contributed by atoms with Crippen molar-refractivity contribution in [3.8, 4) is 0 Å². The standard InChI is InChI=1S/C14H21N3OS2/c18-14(5-8-17-11-19-9-10-20-12-17)16-7-4-13-3-1-2-6-15-13/h1-3,6H,4-5,7-12H2,(H,16,18). The molecule has 1 aliphatic rings. The first-order chi connectivity index (χ1) is 9.84. The first kappa shape index (κ1) is 15.7. The van der Waals surface area contributed by atoms with Gasteiger partial charge >= 0.3 is 0 Å². The van der Waals surface area contributed by atoms with Crippen molar-refractivity contribution in [1.29, 1.82) is 0 Å². The zero-order valence-electron chi connectivity index (χ0n) is 11.6. The first-order valence-corrected chi connectivity index (χ1v) is 9.20. The average Bonchev–Trinajstić information content (AvgIpc) is 2.75. The van der Waals surface area contributed by atoms with Crippen LogP contribution in [0.2, 0.25) is 0 Å². The lowest BCUT2D eigenvalue weighted by Crippen LogP contribution is -2.31. The number of carbonyl (C=O) groups is 1. The Morgan fingerprint density at radius 3 is 2.80 bits per heavy atom. The monoisotopic (exact) mass is 311 g/mol. The molecule has 2 rings (SSSR count). The maximum atomic E-state index is 11.8. The summed E-state index contributed by atoms with van der Waals surface area (Å²) in [4.78, 5) is 18.4. The number of pyridine rings is 1. The number of rotatable bonds is 6. The van der Waals surface area contributed by atoms with Crippen molar-refractivity contribution in [2.45, 2.75) is 12.8 Å². The molecule has 0 saturated carbocycles. The van der Waals surface area contributed by atoms with Crippen LogP contribution in [-0.4, -0.2) is 52.1 Å². The van der Waals surface area contributed by atoms with Gasteiger partial charge in [0.2, 0.25) is 5.91 Å². The molecule has 0 bridgehead atoms. The smallest absolute Gasteiger partial charge is 0.221 e. The lowest BCUT2D eigenvalue weighted by molar-refractivity contribution is -0.121. The van der Waals surface area contributed by atoms with Crippen LogP contribution in [0.5, 0.6) is 0 Å². The number of hydrogen-bond donors (Lipinski definition) is 1. The van der Waals surface area contributed by atoms with Gasteiger partial charge in [0.05, 0.1) is 0 Å². The molecule has 6 heteroatoms. The third-order valence-corrected chi connectivity index (χ3v) is 5.34. The Hall–Kier alpha value is -0.720. The SMILES string of the molecule is O=C(CCN1CSCCSC1)NCCc1ccccn1. The molecular weight excluding hydrogens is 290 g/mol. The third kappa shape index (κ3) is 6.15. The predicted octanol–water partition coefficient (Wildman–Crippen LogP) is 1.83. The number of nitrogens with zero attached hydrogens (tertiary/aromatic N) is 2. The van der Waals surface area contributed by atoms with Gasteiger partial charge in [-0.15, -0.1) is 23.5 Å². The quantitative estimate of drug-likeness (QED) is 0.868. The van der Waals surface area contributed by atoms with Crippen molar-refractivity contribution < 1.29 is 4.79 Å². The van der Waals surface area contributed by atoms with E-state index in [9.17, 15) is 4.79 Å². The molecule has 1 aromatic rings. The van der Waals surface area contributed by atoms with Crippen LogP contribution in [-0.2, 0) is 11.2 Å². The van der Waals surface area contributed by atoms with Gasteiger partial charge in [-0.3, -0.25) is 14.7 Å². The second kappa shape index (κ2) is 9.26. The Kier molecular flexibility index (Phi) is 7.25. The van der Waals surface area contributed by atoms with E-state index in [-0.39, 0.29) is 5.91 Å². The van der Waals surface area contributed by atoms with Crippen molar-refractivity contribution >= 4 is 29.4 Å². The molecule has 0 unspecified atom stereocenters. The Bertz CT molecular complexity index is 395. The molecule has 110 valence electrons. The molecule has 1 aromatic heterocycles. The van der Waals surface area contributed by atoms with E-state index >= 15 is 0 Å². The molecule has 1 saturated heterocycles. The van der Waals surface area contributed by atoms with E-state index in [1.807, 2.05) is 41.7 Å². The van der Waals surface area contributed by atoms with Gasteiger partial charge in [-0.25, -0.2) is 0 Å². The van der Waals surface area contributed by atoms with Crippen molar-refractivity contribution in [2.75, 3.05) is 36.3 Å². The van der Waals surface area contributed by atoms with Crippen LogP contribution in [0, 0.1) is 0 Å². The zero-order chi connectivity index (χ0) is 14.0. The predicted molar refractivity (Wildman–Crippen MR) is 86.9 cm³/mol. The number of aromatic nitrogens is 1. The Morgan fingerprint density at radius 2 is 2.10 bits per heavy atom. The van der Waals surface area contributed by atoms with E-state index in [0.29, 0.717) is 13.0 Å². The molecule has 1 N–H and O–H groups in total. The van der Waals surface area contributed by atoms with Crippen LogP contribution in [0.25, 0.3) is 0 Å². The largest absolute Gasteiger partial charge is 0.356 e. The molecule has 20 heavy (non-hydrogen) atoms. The van der Waals surface area contributed by atoms with E-state index in [1.54, 1.807) is 6.20 Å². The minimum Gasteiger partial charge on any atom is -0.356 e. The van der Waals surface area contributed by atoms with Crippen LogP contribution < -0.4 is 5.32 Å². The summed E-state index contributed by atoms with van der Waals surface area (Å²) in [6.45, 7) is 1.52. The summed E-state index contributed by atoms with van der Waals surface area (Å²) in [6.07, 6.45) is 3.16. The Morgan fingerprint density at radius 1 is 1.30 bits per heavy atom. The normalized spacial score (nSPS) is 16.6. The highest BCUT2D eigenvalue weighted by molar-refractivity contribution is 8.03. The molecule has 1 aliphatic heterocycles. The highest BCUT2D eigenvalue weighted by Gasteiger charge is 2.11. The Balaban J connectivity index is 1.58. The van der Waals surface area contributed by atoms with Gasteiger partial charge < -0.3 is 5.32 Å². The number of hydrogen-bond acceptors (Lipinski definition) is 5. The fourth-order valence-corrected chi connectivity index (χ4v) is 4.17. The summed E-state index contributed by atoms with van der Waals surface area (Å²) in [5.41, 5.74) is 1.02. The molecule has 2 heterocycles. The van der Waals surface area contributed by atoms with Crippen LogP contribution in [0.3, 0.4) is 0 Å². The fourth-order valence-electron chi connectivity index (χ4n) is 1.90. The third-order valence-electron chi connectivity index (χ3n) is 3.00. The summed E-state index contributed by atoms with van der Waals surface area (Å²) in [7, 11) is 0. The van der Waals surface area contributed by atoms with Gasteiger partial charge in [-0.05, 0) is 12.1 Å². The summed E-state index contributed by atoms with van der Waals surface area (Å²) in [6, 6.07) is 5.86. The first-order valence-electron chi connectivity index (χ1n) is 6.89. The van der Waals surface area contributed by atoms with E-state index in [2.05, 4.69) is 15.2 Å². The number of thioether (sulfide) groups is 2. The number of amides is 1. The molecule has 1 amide bonds. The number of carbonyl (C=O) groups excluding carboxylic acids is 1. The van der Waals surface area contributed by atoms with E-state index in [0.717, 1.165) is 30.4 Å². The van der Waals surface area contributed by atoms with Crippen LogP contribution in [0.15, 0.2) is 24.4 Å².